The maximum atomic E-state index is 2.34. The molecule has 0 bridgehead atoms. The summed E-state index contributed by atoms with van der Waals surface area (Å²) in [6.45, 7) is 2.34. The summed E-state index contributed by atoms with van der Waals surface area (Å²) in [5.74, 6) is 1.07. The molecule has 0 amide bonds. The number of rotatable bonds is 1. The molecule has 1 rings (SSSR count). The SMILES string of the molecule is C.CCC1CCCCCCC1. The van der Waals surface area contributed by atoms with Crippen molar-refractivity contribution in [2.45, 2.75) is 65.7 Å². The summed E-state index contributed by atoms with van der Waals surface area (Å²) in [6.07, 6.45) is 11.9. The van der Waals surface area contributed by atoms with Crippen molar-refractivity contribution in [2.24, 2.45) is 5.92 Å². The lowest BCUT2D eigenvalue weighted by molar-refractivity contribution is 0.369. The first-order chi connectivity index (χ1) is 4.93. The second-order valence-electron chi connectivity index (χ2n) is 3.62. The number of hydrogen-bond acceptors (Lipinski definition) is 0. The monoisotopic (exact) mass is 156 g/mol. The van der Waals surface area contributed by atoms with Gasteiger partial charge in [0.05, 0.1) is 0 Å². The fourth-order valence-electron chi connectivity index (χ4n) is 1.95. The fourth-order valence-corrected chi connectivity index (χ4v) is 1.95. The fraction of sp³-hybridized carbons (Fsp3) is 1.00. The van der Waals surface area contributed by atoms with Crippen LogP contribution in [-0.4, -0.2) is 0 Å². The van der Waals surface area contributed by atoms with E-state index in [1.54, 1.807) is 0 Å². The molecule has 0 saturated heterocycles. The summed E-state index contributed by atoms with van der Waals surface area (Å²) in [5.41, 5.74) is 0. The molecule has 0 nitrogen and oxygen atoms in total. The van der Waals surface area contributed by atoms with Crippen LogP contribution in [-0.2, 0) is 0 Å². The second-order valence-corrected chi connectivity index (χ2v) is 3.62. The van der Waals surface area contributed by atoms with Crippen LogP contribution in [0.15, 0.2) is 0 Å². The van der Waals surface area contributed by atoms with Gasteiger partial charge < -0.3 is 0 Å². The molecule has 0 N–H and O–H groups in total. The van der Waals surface area contributed by atoms with Gasteiger partial charge in [0.25, 0.3) is 0 Å². The molecule has 0 aromatic heterocycles. The maximum Gasteiger partial charge on any atom is -0.0417 e. The molecule has 0 aromatic carbocycles. The zero-order valence-electron chi connectivity index (χ0n) is 7.23. The summed E-state index contributed by atoms with van der Waals surface area (Å²) in [4.78, 5) is 0. The van der Waals surface area contributed by atoms with Gasteiger partial charge in [-0.25, -0.2) is 0 Å². The van der Waals surface area contributed by atoms with Gasteiger partial charge in [-0.05, 0) is 5.92 Å². The van der Waals surface area contributed by atoms with Gasteiger partial charge in [-0.1, -0.05) is 65.7 Å². The van der Waals surface area contributed by atoms with E-state index in [9.17, 15) is 0 Å². The smallest absolute Gasteiger partial charge is 0.0417 e. The predicted octanol–water partition coefficient (Wildman–Crippen LogP) is 4.39. The third-order valence-electron chi connectivity index (χ3n) is 2.80. The summed E-state index contributed by atoms with van der Waals surface area (Å²) >= 11 is 0. The molecule has 0 atom stereocenters. The van der Waals surface area contributed by atoms with Gasteiger partial charge >= 0.3 is 0 Å². The Morgan fingerprint density at radius 1 is 0.909 bits per heavy atom. The third-order valence-corrected chi connectivity index (χ3v) is 2.80. The van der Waals surface area contributed by atoms with Gasteiger partial charge in [-0.15, -0.1) is 0 Å². The van der Waals surface area contributed by atoms with Gasteiger partial charge in [-0.3, -0.25) is 0 Å². The highest BCUT2D eigenvalue weighted by Gasteiger charge is 2.07. The van der Waals surface area contributed by atoms with Crippen molar-refractivity contribution in [3.05, 3.63) is 0 Å². The first-order valence-corrected chi connectivity index (χ1v) is 4.93. The zero-order valence-corrected chi connectivity index (χ0v) is 7.23. The highest BCUT2D eigenvalue weighted by atomic mass is 14.1. The Balaban J connectivity index is 0.000001000. The molecule has 0 heterocycles. The van der Waals surface area contributed by atoms with Gasteiger partial charge in [0.2, 0.25) is 0 Å². The van der Waals surface area contributed by atoms with E-state index in [0.29, 0.717) is 0 Å². The molecule has 1 aliphatic rings. The standard InChI is InChI=1S/C10H20.CH4/c1-2-10-8-6-4-3-5-7-9-10;/h10H,2-9H2,1H3;1H4. The van der Waals surface area contributed by atoms with Gasteiger partial charge in [-0.2, -0.15) is 0 Å². The lowest BCUT2D eigenvalue weighted by atomic mass is 9.90. The Morgan fingerprint density at radius 2 is 1.36 bits per heavy atom. The zero-order chi connectivity index (χ0) is 7.23. The Bertz CT molecular complexity index is 68.1. The van der Waals surface area contributed by atoms with Crippen LogP contribution in [0.3, 0.4) is 0 Å². The van der Waals surface area contributed by atoms with Crippen LogP contribution in [0, 0.1) is 5.92 Å². The first-order valence-electron chi connectivity index (χ1n) is 4.93. The van der Waals surface area contributed by atoms with Gasteiger partial charge in [0.1, 0.15) is 0 Å². The van der Waals surface area contributed by atoms with Crippen LogP contribution in [0.5, 0.6) is 0 Å². The van der Waals surface area contributed by atoms with Gasteiger partial charge in [0, 0.05) is 0 Å². The Hall–Kier alpha value is 0. The average molecular weight is 156 g/mol. The van der Waals surface area contributed by atoms with Crippen molar-refractivity contribution < 1.29 is 0 Å². The molecule has 0 unspecified atom stereocenters. The minimum absolute atomic E-state index is 0. The topological polar surface area (TPSA) is 0 Å². The molecule has 0 aliphatic heterocycles. The van der Waals surface area contributed by atoms with E-state index in [-0.39, 0.29) is 7.43 Å². The highest BCUT2D eigenvalue weighted by molar-refractivity contribution is 4.61. The van der Waals surface area contributed by atoms with Crippen molar-refractivity contribution in [2.75, 3.05) is 0 Å². The van der Waals surface area contributed by atoms with Crippen LogP contribution >= 0.6 is 0 Å². The first kappa shape index (κ1) is 11.0. The molecule has 0 spiro atoms. The summed E-state index contributed by atoms with van der Waals surface area (Å²) in [6, 6.07) is 0. The molecular formula is C11H24. The molecular weight excluding hydrogens is 132 g/mol. The van der Waals surface area contributed by atoms with Crippen LogP contribution in [0.1, 0.15) is 65.7 Å². The van der Waals surface area contributed by atoms with Crippen molar-refractivity contribution in [3.63, 3.8) is 0 Å². The van der Waals surface area contributed by atoms with E-state index < -0.39 is 0 Å². The highest BCUT2D eigenvalue weighted by Crippen LogP contribution is 2.23. The number of hydrogen-bond donors (Lipinski definition) is 0. The lowest BCUT2D eigenvalue weighted by Crippen LogP contribution is -2.01. The van der Waals surface area contributed by atoms with E-state index in [1.807, 2.05) is 0 Å². The minimum atomic E-state index is 0. The predicted molar refractivity (Wildman–Crippen MR) is 52.8 cm³/mol. The molecule has 1 fully saturated rings. The van der Waals surface area contributed by atoms with Gasteiger partial charge in [0.15, 0.2) is 0 Å². The van der Waals surface area contributed by atoms with E-state index in [4.69, 9.17) is 0 Å². The van der Waals surface area contributed by atoms with E-state index in [1.165, 1.54) is 51.4 Å². The maximum absolute atomic E-state index is 2.34. The van der Waals surface area contributed by atoms with Crippen LogP contribution in [0.4, 0.5) is 0 Å². The summed E-state index contributed by atoms with van der Waals surface area (Å²) < 4.78 is 0. The molecule has 1 saturated carbocycles. The third kappa shape index (κ3) is 4.44. The van der Waals surface area contributed by atoms with E-state index in [2.05, 4.69) is 6.92 Å². The molecule has 0 radical (unpaired) electrons. The lowest BCUT2D eigenvalue weighted by Gasteiger charge is -2.17. The Labute approximate surface area is 72.4 Å². The molecule has 1 aliphatic carbocycles. The van der Waals surface area contributed by atoms with E-state index >= 15 is 0 Å². The molecule has 0 aromatic rings. The molecule has 0 heteroatoms. The minimum Gasteiger partial charge on any atom is -0.0776 e. The molecule has 68 valence electrons. The summed E-state index contributed by atoms with van der Waals surface area (Å²) in [5, 5.41) is 0. The largest absolute Gasteiger partial charge is 0.0776 e. The van der Waals surface area contributed by atoms with Crippen LogP contribution in [0.2, 0.25) is 0 Å². The van der Waals surface area contributed by atoms with Crippen molar-refractivity contribution in [1.82, 2.24) is 0 Å². The average Bonchev–Trinajstić information content (AvgIpc) is 1.87. The van der Waals surface area contributed by atoms with Crippen molar-refractivity contribution >= 4 is 0 Å². The Morgan fingerprint density at radius 3 is 1.82 bits per heavy atom. The van der Waals surface area contributed by atoms with Crippen LogP contribution < -0.4 is 0 Å². The second kappa shape index (κ2) is 6.69. The summed E-state index contributed by atoms with van der Waals surface area (Å²) in [7, 11) is 0. The Kier molecular flexibility index (Phi) is 6.69. The van der Waals surface area contributed by atoms with Crippen LogP contribution in [0.25, 0.3) is 0 Å². The van der Waals surface area contributed by atoms with Crippen molar-refractivity contribution in [3.8, 4) is 0 Å². The van der Waals surface area contributed by atoms with Crippen molar-refractivity contribution in [1.29, 1.82) is 0 Å². The quantitative estimate of drug-likeness (QED) is 0.528. The normalized spacial score (nSPS) is 21.5. The van der Waals surface area contributed by atoms with E-state index in [0.717, 1.165) is 5.92 Å². The molecule has 11 heavy (non-hydrogen) atoms.